The SMILES string of the molecule is COC(=O)c1ccc(Cn2cnc3c2c(=O)n(C2CCCC2)c(=O)n3-c2ccc(C(C)C)cc2)o1. The summed E-state index contributed by atoms with van der Waals surface area (Å²) in [4.78, 5) is 43.6. The number of hydrogen-bond acceptors (Lipinski definition) is 6. The highest BCUT2D eigenvalue weighted by Crippen LogP contribution is 2.28. The van der Waals surface area contributed by atoms with Crippen molar-refractivity contribution in [2.24, 2.45) is 0 Å². The molecular formula is C26H28N4O5. The molecule has 1 aliphatic rings. The third-order valence-electron chi connectivity index (χ3n) is 6.73. The van der Waals surface area contributed by atoms with Crippen LogP contribution in [0.15, 0.2) is 56.7 Å². The van der Waals surface area contributed by atoms with Crippen LogP contribution in [0.25, 0.3) is 16.9 Å². The van der Waals surface area contributed by atoms with Crippen molar-refractivity contribution in [3.8, 4) is 5.69 Å². The third-order valence-corrected chi connectivity index (χ3v) is 6.73. The molecule has 0 N–H and O–H groups in total. The van der Waals surface area contributed by atoms with Gasteiger partial charge in [-0.2, -0.15) is 0 Å². The summed E-state index contributed by atoms with van der Waals surface area (Å²) in [7, 11) is 1.28. The molecule has 4 aromatic rings. The molecule has 3 aromatic heterocycles. The molecular weight excluding hydrogens is 448 g/mol. The van der Waals surface area contributed by atoms with Gasteiger partial charge in [0.05, 0.1) is 25.7 Å². The van der Waals surface area contributed by atoms with E-state index in [-0.39, 0.29) is 29.6 Å². The zero-order chi connectivity index (χ0) is 24.7. The predicted molar refractivity (Wildman–Crippen MR) is 130 cm³/mol. The summed E-state index contributed by atoms with van der Waals surface area (Å²) < 4.78 is 14.9. The number of aromatic nitrogens is 4. The number of furan rings is 1. The quantitative estimate of drug-likeness (QED) is 0.390. The molecule has 0 amide bonds. The normalized spacial score (nSPS) is 14.3. The lowest BCUT2D eigenvalue weighted by Crippen LogP contribution is -2.41. The Morgan fingerprint density at radius 2 is 1.83 bits per heavy atom. The topological polar surface area (TPSA) is 101 Å². The molecule has 1 aromatic carbocycles. The van der Waals surface area contributed by atoms with Gasteiger partial charge in [-0.3, -0.25) is 9.36 Å². The number of hydrogen-bond donors (Lipinski definition) is 0. The Balaban J connectivity index is 1.69. The number of imidazole rings is 1. The number of fused-ring (bicyclic) bond motifs is 1. The van der Waals surface area contributed by atoms with E-state index in [0.717, 1.165) is 31.2 Å². The van der Waals surface area contributed by atoms with Gasteiger partial charge in [0.15, 0.2) is 11.2 Å². The molecule has 0 atom stereocenters. The average molecular weight is 477 g/mol. The lowest BCUT2D eigenvalue weighted by molar-refractivity contribution is 0.0563. The first-order valence-corrected chi connectivity index (χ1v) is 11.9. The van der Waals surface area contributed by atoms with Crippen molar-refractivity contribution >= 4 is 17.1 Å². The Kier molecular flexibility index (Phi) is 5.92. The van der Waals surface area contributed by atoms with Crippen LogP contribution in [0.2, 0.25) is 0 Å². The standard InChI is InChI=1S/C26H28N4O5/c1-16(2)17-8-10-19(11-9-17)29-23-22(24(31)30(26(29)33)18-6-4-5-7-18)28(15-27-23)14-20-12-13-21(35-20)25(32)34-3/h8-13,15-16,18H,4-7,14H2,1-3H3. The van der Waals surface area contributed by atoms with Gasteiger partial charge >= 0.3 is 11.7 Å². The van der Waals surface area contributed by atoms with E-state index in [9.17, 15) is 14.4 Å². The van der Waals surface area contributed by atoms with E-state index in [1.54, 1.807) is 10.6 Å². The molecule has 0 saturated heterocycles. The number of esters is 1. The van der Waals surface area contributed by atoms with E-state index in [0.29, 0.717) is 28.5 Å². The molecule has 182 valence electrons. The second-order valence-electron chi connectivity index (χ2n) is 9.28. The first-order chi connectivity index (χ1) is 16.9. The number of rotatable bonds is 6. The molecule has 0 spiro atoms. The van der Waals surface area contributed by atoms with Crippen LogP contribution >= 0.6 is 0 Å². The van der Waals surface area contributed by atoms with Crippen LogP contribution in [0.3, 0.4) is 0 Å². The summed E-state index contributed by atoms with van der Waals surface area (Å²) >= 11 is 0. The van der Waals surface area contributed by atoms with Crippen molar-refractivity contribution in [3.63, 3.8) is 0 Å². The van der Waals surface area contributed by atoms with E-state index in [4.69, 9.17) is 9.15 Å². The monoisotopic (exact) mass is 476 g/mol. The van der Waals surface area contributed by atoms with Crippen LogP contribution in [0.1, 0.15) is 73.4 Å². The van der Waals surface area contributed by atoms with Crippen LogP contribution in [0, 0.1) is 0 Å². The summed E-state index contributed by atoms with van der Waals surface area (Å²) in [5.74, 6) is 0.331. The molecule has 9 heteroatoms. The fraction of sp³-hybridized carbons (Fsp3) is 0.385. The molecule has 1 saturated carbocycles. The Morgan fingerprint density at radius 3 is 2.49 bits per heavy atom. The smallest absolute Gasteiger partial charge is 0.373 e. The number of methoxy groups -OCH3 is 1. The summed E-state index contributed by atoms with van der Waals surface area (Å²) in [6, 6.07) is 10.8. The molecule has 1 aliphatic carbocycles. The molecule has 9 nitrogen and oxygen atoms in total. The van der Waals surface area contributed by atoms with Gasteiger partial charge in [0.2, 0.25) is 5.76 Å². The van der Waals surface area contributed by atoms with Crippen LogP contribution in [0.4, 0.5) is 0 Å². The highest BCUT2D eigenvalue weighted by molar-refractivity contribution is 5.86. The minimum atomic E-state index is -0.575. The van der Waals surface area contributed by atoms with Gasteiger partial charge in [0, 0.05) is 6.04 Å². The summed E-state index contributed by atoms with van der Waals surface area (Å²) in [5.41, 5.74) is 1.71. The molecule has 0 aliphatic heterocycles. The van der Waals surface area contributed by atoms with E-state index in [2.05, 4.69) is 18.8 Å². The first kappa shape index (κ1) is 22.9. The van der Waals surface area contributed by atoms with Crippen molar-refractivity contribution in [2.45, 2.75) is 58.0 Å². The van der Waals surface area contributed by atoms with E-state index >= 15 is 0 Å². The molecule has 35 heavy (non-hydrogen) atoms. The molecule has 0 bridgehead atoms. The van der Waals surface area contributed by atoms with Crippen molar-refractivity contribution in [1.82, 2.24) is 18.7 Å². The summed E-state index contributed by atoms with van der Waals surface area (Å²) in [6.45, 7) is 4.40. The first-order valence-electron chi connectivity index (χ1n) is 11.9. The maximum atomic E-state index is 13.7. The summed E-state index contributed by atoms with van der Waals surface area (Å²) in [5, 5.41) is 0. The number of carbonyl (C=O) groups is 1. The molecule has 5 rings (SSSR count). The Morgan fingerprint density at radius 1 is 1.11 bits per heavy atom. The second kappa shape index (κ2) is 9.05. The Labute approximate surface area is 201 Å². The fourth-order valence-corrected chi connectivity index (χ4v) is 4.84. The number of carbonyl (C=O) groups excluding carboxylic acids is 1. The van der Waals surface area contributed by atoms with Crippen molar-refractivity contribution < 1.29 is 13.9 Å². The van der Waals surface area contributed by atoms with Crippen LogP contribution < -0.4 is 11.2 Å². The molecule has 0 radical (unpaired) electrons. The highest BCUT2D eigenvalue weighted by atomic mass is 16.5. The van der Waals surface area contributed by atoms with Gasteiger partial charge in [-0.25, -0.2) is 19.1 Å². The minimum absolute atomic E-state index is 0.0810. The zero-order valence-electron chi connectivity index (χ0n) is 20.1. The fourth-order valence-electron chi connectivity index (χ4n) is 4.84. The zero-order valence-corrected chi connectivity index (χ0v) is 20.1. The van der Waals surface area contributed by atoms with Gasteiger partial charge in [0.1, 0.15) is 5.76 Å². The van der Waals surface area contributed by atoms with E-state index in [1.165, 1.54) is 28.6 Å². The van der Waals surface area contributed by atoms with Crippen molar-refractivity contribution in [1.29, 1.82) is 0 Å². The second-order valence-corrected chi connectivity index (χ2v) is 9.28. The number of benzene rings is 1. The van der Waals surface area contributed by atoms with E-state index in [1.807, 2.05) is 24.3 Å². The van der Waals surface area contributed by atoms with Crippen LogP contribution in [-0.4, -0.2) is 31.8 Å². The van der Waals surface area contributed by atoms with Crippen LogP contribution in [0.5, 0.6) is 0 Å². The largest absolute Gasteiger partial charge is 0.463 e. The lowest BCUT2D eigenvalue weighted by atomic mass is 10.0. The molecule has 1 fully saturated rings. The third kappa shape index (κ3) is 4.00. The molecule has 3 heterocycles. The lowest BCUT2D eigenvalue weighted by Gasteiger charge is -2.17. The average Bonchev–Trinajstić information content (AvgIpc) is 3.61. The minimum Gasteiger partial charge on any atom is -0.463 e. The Bertz CT molecular complexity index is 1500. The highest BCUT2D eigenvalue weighted by Gasteiger charge is 2.26. The predicted octanol–water partition coefficient (Wildman–Crippen LogP) is 4.02. The van der Waals surface area contributed by atoms with Gasteiger partial charge in [-0.1, -0.05) is 38.8 Å². The Hall–Kier alpha value is -3.88. The maximum absolute atomic E-state index is 13.7. The van der Waals surface area contributed by atoms with Crippen molar-refractivity contribution in [2.75, 3.05) is 7.11 Å². The van der Waals surface area contributed by atoms with Crippen LogP contribution in [-0.2, 0) is 11.3 Å². The summed E-state index contributed by atoms with van der Waals surface area (Å²) in [6.07, 6.45) is 5.09. The maximum Gasteiger partial charge on any atom is 0.373 e. The van der Waals surface area contributed by atoms with Gasteiger partial charge in [-0.05, 0) is 48.6 Å². The van der Waals surface area contributed by atoms with Gasteiger partial charge < -0.3 is 13.7 Å². The molecule has 0 unspecified atom stereocenters. The number of nitrogens with zero attached hydrogens (tertiary/aromatic N) is 4. The van der Waals surface area contributed by atoms with Gasteiger partial charge in [0.25, 0.3) is 5.56 Å². The van der Waals surface area contributed by atoms with Gasteiger partial charge in [-0.15, -0.1) is 0 Å². The van der Waals surface area contributed by atoms with Crippen molar-refractivity contribution in [3.05, 3.63) is 80.6 Å². The van der Waals surface area contributed by atoms with E-state index < -0.39 is 5.97 Å². The number of ether oxygens (including phenoxy) is 1.